The first-order chi connectivity index (χ1) is 9.76. The second-order valence-corrected chi connectivity index (χ2v) is 6.76. The van der Waals surface area contributed by atoms with Gasteiger partial charge in [0, 0.05) is 6.54 Å². The number of hydrogen-bond acceptors (Lipinski definition) is 4. The molecule has 0 radical (unpaired) electrons. The first-order valence-corrected chi connectivity index (χ1v) is 7.57. The van der Waals surface area contributed by atoms with Crippen LogP contribution in [-0.2, 0) is 16.7 Å². The molecule has 0 saturated carbocycles. The standard InChI is InChI=1S/C16H26N2O3/c1-6-12(18-14(19)21-15(2,3)4)16(5)13-11(7-9-17-16)8-10-20-13/h8,10,12,17H,6-7,9H2,1-5H3,(H,18,19). The zero-order valence-corrected chi connectivity index (χ0v) is 13.6. The summed E-state index contributed by atoms with van der Waals surface area (Å²) in [5.74, 6) is 0.914. The molecule has 21 heavy (non-hydrogen) atoms. The second-order valence-electron chi connectivity index (χ2n) is 6.76. The Morgan fingerprint density at radius 1 is 1.57 bits per heavy atom. The smallest absolute Gasteiger partial charge is 0.407 e. The number of fused-ring (bicyclic) bond motifs is 1. The van der Waals surface area contributed by atoms with E-state index in [1.165, 1.54) is 5.56 Å². The molecule has 1 aliphatic rings. The fourth-order valence-electron chi connectivity index (χ4n) is 2.91. The molecule has 0 aromatic carbocycles. The molecular formula is C16H26N2O3. The second kappa shape index (κ2) is 5.72. The summed E-state index contributed by atoms with van der Waals surface area (Å²) in [5, 5.41) is 6.47. The lowest BCUT2D eigenvalue weighted by molar-refractivity contribution is 0.0453. The molecule has 1 aromatic rings. The molecule has 5 nitrogen and oxygen atoms in total. The van der Waals surface area contributed by atoms with E-state index in [0.29, 0.717) is 0 Å². The van der Waals surface area contributed by atoms with Gasteiger partial charge >= 0.3 is 6.09 Å². The lowest BCUT2D eigenvalue weighted by atomic mass is 9.82. The first kappa shape index (κ1) is 15.9. The van der Waals surface area contributed by atoms with Crippen molar-refractivity contribution in [2.75, 3.05) is 6.54 Å². The maximum Gasteiger partial charge on any atom is 0.407 e. The molecule has 5 heteroatoms. The van der Waals surface area contributed by atoms with Crippen LogP contribution >= 0.6 is 0 Å². The maximum absolute atomic E-state index is 12.1. The molecule has 1 aliphatic heterocycles. The molecule has 0 fully saturated rings. The molecule has 0 saturated heterocycles. The number of rotatable bonds is 3. The van der Waals surface area contributed by atoms with Crippen LogP contribution in [0.4, 0.5) is 4.79 Å². The number of ether oxygens (including phenoxy) is 1. The molecule has 0 spiro atoms. The van der Waals surface area contributed by atoms with Crippen LogP contribution in [-0.4, -0.2) is 24.3 Å². The number of furan rings is 1. The van der Waals surface area contributed by atoms with Gasteiger partial charge in [-0.25, -0.2) is 4.79 Å². The molecular weight excluding hydrogens is 268 g/mol. The van der Waals surface area contributed by atoms with Crippen LogP contribution in [0.25, 0.3) is 0 Å². The highest BCUT2D eigenvalue weighted by Gasteiger charge is 2.42. The predicted octanol–water partition coefficient (Wildman–Crippen LogP) is 2.94. The SMILES string of the molecule is CCC(NC(=O)OC(C)(C)C)C1(C)NCCc2ccoc21. The highest BCUT2D eigenvalue weighted by Crippen LogP contribution is 2.33. The van der Waals surface area contributed by atoms with Crippen molar-refractivity contribution in [1.29, 1.82) is 0 Å². The average Bonchev–Trinajstić information content (AvgIpc) is 2.83. The Hall–Kier alpha value is -1.49. The number of amides is 1. The van der Waals surface area contributed by atoms with Crippen molar-refractivity contribution in [2.24, 2.45) is 0 Å². The van der Waals surface area contributed by atoms with Crippen LogP contribution in [0.15, 0.2) is 16.7 Å². The van der Waals surface area contributed by atoms with E-state index in [2.05, 4.69) is 17.6 Å². The minimum Gasteiger partial charge on any atom is -0.467 e. The van der Waals surface area contributed by atoms with Gasteiger partial charge in [0.1, 0.15) is 11.4 Å². The van der Waals surface area contributed by atoms with Crippen molar-refractivity contribution >= 4 is 6.09 Å². The lowest BCUT2D eigenvalue weighted by Gasteiger charge is -2.40. The van der Waals surface area contributed by atoms with E-state index in [1.54, 1.807) is 6.26 Å². The van der Waals surface area contributed by atoms with Crippen molar-refractivity contribution in [3.05, 3.63) is 23.7 Å². The third-order valence-electron chi connectivity index (χ3n) is 3.90. The molecule has 2 unspecified atom stereocenters. The molecule has 1 amide bonds. The van der Waals surface area contributed by atoms with Gasteiger partial charge in [-0.3, -0.25) is 0 Å². The first-order valence-electron chi connectivity index (χ1n) is 7.57. The Balaban J connectivity index is 2.17. The van der Waals surface area contributed by atoms with Gasteiger partial charge in [0.15, 0.2) is 0 Å². The highest BCUT2D eigenvalue weighted by atomic mass is 16.6. The molecule has 118 valence electrons. The Bertz CT molecular complexity index is 504. The largest absolute Gasteiger partial charge is 0.467 e. The minimum atomic E-state index is -0.501. The van der Waals surface area contributed by atoms with E-state index in [4.69, 9.17) is 9.15 Å². The van der Waals surface area contributed by atoms with Gasteiger partial charge in [0.05, 0.1) is 17.8 Å². The topological polar surface area (TPSA) is 63.5 Å². The van der Waals surface area contributed by atoms with E-state index < -0.39 is 17.2 Å². The van der Waals surface area contributed by atoms with Crippen LogP contribution in [0.3, 0.4) is 0 Å². The quantitative estimate of drug-likeness (QED) is 0.899. The highest BCUT2D eigenvalue weighted by molar-refractivity contribution is 5.68. The Labute approximate surface area is 126 Å². The monoisotopic (exact) mass is 294 g/mol. The number of alkyl carbamates (subject to hydrolysis) is 1. The number of hydrogen-bond donors (Lipinski definition) is 2. The van der Waals surface area contributed by atoms with Gasteiger partial charge in [0.2, 0.25) is 0 Å². The van der Waals surface area contributed by atoms with Crippen LogP contribution in [0.2, 0.25) is 0 Å². The van der Waals surface area contributed by atoms with Crippen molar-refractivity contribution < 1.29 is 13.9 Å². The number of carbonyl (C=O) groups is 1. The fourth-order valence-corrected chi connectivity index (χ4v) is 2.91. The molecule has 0 aliphatic carbocycles. The molecule has 2 atom stereocenters. The van der Waals surface area contributed by atoms with E-state index in [9.17, 15) is 4.79 Å². The summed E-state index contributed by atoms with van der Waals surface area (Å²) in [5.41, 5.74) is 0.294. The Morgan fingerprint density at radius 2 is 2.29 bits per heavy atom. The lowest BCUT2D eigenvalue weighted by Crippen LogP contribution is -2.59. The van der Waals surface area contributed by atoms with Gasteiger partial charge < -0.3 is 19.8 Å². The average molecular weight is 294 g/mol. The Kier molecular flexibility index (Phi) is 4.33. The predicted molar refractivity (Wildman–Crippen MR) is 81.2 cm³/mol. The van der Waals surface area contributed by atoms with Gasteiger partial charge in [0.25, 0.3) is 0 Å². The van der Waals surface area contributed by atoms with E-state index >= 15 is 0 Å². The molecule has 2 heterocycles. The van der Waals surface area contributed by atoms with Crippen molar-refractivity contribution in [3.8, 4) is 0 Å². The number of carbonyl (C=O) groups excluding carboxylic acids is 1. The fraction of sp³-hybridized carbons (Fsp3) is 0.688. The summed E-state index contributed by atoms with van der Waals surface area (Å²) in [6, 6.07) is 1.91. The summed E-state index contributed by atoms with van der Waals surface area (Å²) in [7, 11) is 0. The number of nitrogens with one attached hydrogen (secondary N) is 2. The molecule has 0 bridgehead atoms. The van der Waals surface area contributed by atoms with E-state index in [1.807, 2.05) is 33.8 Å². The summed E-state index contributed by atoms with van der Waals surface area (Å²) in [6.45, 7) is 10.6. The van der Waals surface area contributed by atoms with Crippen molar-refractivity contribution in [1.82, 2.24) is 10.6 Å². The van der Waals surface area contributed by atoms with E-state index in [-0.39, 0.29) is 6.04 Å². The van der Waals surface area contributed by atoms with Crippen LogP contribution in [0, 0.1) is 0 Å². The molecule has 1 aromatic heterocycles. The molecule has 2 N–H and O–H groups in total. The summed E-state index contributed by atoms with van der Waals surface area (Å²) in [6.07, 6.45) is 3.06. The van der Waals surface area contributed by atoms with Crippen LogP contribution < -0.4 is 10.6 Å². The van der Waals surface area contributed by atoms with Gasteiger partial charge in [-0.2, -0.15) is 0 Å². The summed E-state index contributed by atoms with van der Waals surface area (Å²) in [4.78, 5) is 12.1. The van der Waals surface area contributed by atoms with E-state index in [0.717, 1.165) is 25.1 Å². The van der Waals surface area contributed by atoms with Gasteiger partial charge in [-0.1, -0.05) is 6.92 Å². The maximum atomic E-state index is 12.1. The Morgan fingerprint density at radius 3 is 2.90 bits per heavy atom. The van der Waals surface area contributed by atoms with Crippen LogP contribution in [0.1, 0.15) is 52.4 Å². The minimum absolute atomic E-state index is 0.0995. The van der Waals surface area contributed by atoms with Crippen LogP contribution in [0.5, 0.6) is 0 Å². The third kappa shape index (κ3) is 3.40. The van der Waals surface area contributed by atoms with Crippen molar-refractivity contribution in [2.45, 2.75) is 64.6 Å². The van der Waals surface area contributed by atoms with Gasteiger partial charge in [-0.15, -0.1) is 0 Å². The summed E-state index contributed by atoms with van der Waals surface area (Å²) >= 11 is 0. The normalized spacial score (nSPS) is 23.3. The zero-order chi connectivity index (χ0) is 15.7. The third-order valence-corrected chi connectivity index (χ3v) is 3.90. The molecule has 2 rings (SSSR count). The summed E-state index contributed by atoms with van der Waals surface area (Å²) < 4.78 is 11.0. The zero-order valence-electron chi connectivity index (χ0n) is 13.6. The van der Waals surface area contributed by atoms with Gasteiger partial charge in [-0.05, 0) is 52.2 Å². The van der Waals surface area contributed by atoms with Crippen molar-refractivity contribution in [3.63, 3.8) is 0 Å².